The van der Waals surface area contributed by atoms with Crippen LogP contribution in [0.25, 0.3) is 0 Å². The first-order chi connectivity index (χ1) is 11.3. The van der Waals surface area contributed by atoms with Crippen molar-refractivity contribution in [3.8, 4) is 0 Å². The zero-order valence-electron chi connectivity index (χ0n) is 13.8. The number of nitrogens with zero attached hydrogens (tertiary/aromatic N) is 1. The van der Waals surface area contributed by atoms with Gasteiger partial charge in [0.2, 0.25) is 5.91 Å². The van der Waals surface area contributed by atoms with Crippen LogP contribution < -0.4 is 10.6 Å². The smallest absolute Gasteiger partial charge is 0.325 e. The number of hydrogen-bond acceptors (Lipinski definition) is 4. The second kappa shape index (κ2) is 7.31. The minimum atomic E-state index is -1.20. The Balaban J connectivity index is 2.13. The summed E-state index contributed by atoms with van der Waals surface area (Å²) in [5.41, 5.74) is -0.551. The van der Waals surface area contributed by atoms with Gasteiger partial charge in [-0.2, -0.15) is 0 Å². The predicted molar refractivity (Wildman–Crippen MR) is 91.2 cm³/mol. The molecular formula is C16H20BrN3O4. The standard InChI is InChI=1S/C16H20BrN3O4/c1-10(9-24-3)18-13(21)8-20-14(22)16(2,19-15(20)23)11-5-4-6-12(17)7-11/h4-7,10H,8-9H2,1-3H3,(H,18,21)(H,19,23)/t10-,16+/m0/s1. The molecule has 1 saturated heterocycles. The molecule has 0 saturated carbocycles. The fourth-order valence-electron chi connectivity index (χ4n) is 2.59. The van der Waals surface area contributed by atoms with E-state index in [0.29, 0.717) is 12.2 Å². The monoisotopic (exact) mass is 397 g/mol. The third-order valence-corrected chi connectivity index (χ3v) is 4.30. The van der Waals surface area contributed by atoms with Crippen molar-refractivity contribution in [2.45, 2.75) is 25.4 Å². The van der Waals surface area contributed by atoms with Crippen LogP contribution in [-0.2, 0) is 19.9 Å². The van der Waals surface area contributed by atoms with Gasteiger partial charge in [0.1, 0.15) is 12.1 Å². The van der Waals surface area contributed by atoms with Gasteiger partial charge in [-0.25, -0.2) is 4.79 Å². The number of nitrogens with one attached hydrogen (secondary N) is 2. The van der Waals surface area contributed by atoms with Gasteiger partial charge in [-0.05, 0) is 31.5 Å². The molecule has 24 heavy (non-hydrogen) atoms. The van der Waals surface area contributed by atoms with E-state index in [1.807, 2.05) is 6.07 Å². The lowest BCUT2D eigenvalue weighted by Gasteiger charge is -2.22. The summed E-state index contributed by atoms with van der Waals surface area (Å²) < 4.78 is 5.74. The van der Waals surface area contributed by atoms with Crippen molar-refractivity contribution in [1.29, 1.82) is 0 Å². The van der Waals surface area contributed by atoms with Crippen molar-refractivity contribution in [2.24, 2.45) is 0 Å². The molecule has 0 unspecified atom stereocenters. The lowest BCUT2D eigenvalue weighted by atomic mass is 9.92. The number of amides is 4. The van der Waals surface area contributed by atoms with Gasteiger partial charge < -0.3 is 15.4 Å². The molecule has 2 atom stereocenters. The molecule has 2 rings (SSSR count). The van der Waals surface area contributed by atoms with Crippen LogP contribution in [0.2, 0.25) is 0 Å². The Labute approximate surface area is 148 Å². The molecule has 1 fully saturated rings. The van der Waals surface area contributed by atoms with Crippen LogP contribution in [-0.4, -0.2) is 49.0 Å². The lowest BCUT2D eigenvalue weighted by Crippen LogP contribution is -2.45. The largest absolute Gasteiger partial charge is 0.383 e. The topological polar surface area (TPSA) is 87.7 Å². The normalized spacial score (nSPS) is 21.6. The minimum Gasteiger partial charge on any atom is -0.383 e. The van der Waals surface area contributed by atoms with Gasteiger partial charge in [-0.1, -0.05) is 28.1 Å². The number of ether oxygens (including phenoxy) is 1. The molecule has 1 aliphatic heterocycles. The third-order valence-electron chi connectivity index (χ3n) is 3.80. The molecule has 1 aromatic rings. The SMILES string of the molecule is COC[C@H](C)NC(=O)CN1C(=O)N[C@](C)(c2cccc(Br)c2)C1=O. The van der Waals surface area contributed by atoms with Crippen molar-refractivity contribution >= 4 is 33.8 Å². The number of urea groups is 1. The first kappa shape index (κ1) is 18.4. The van der Waals surface area contributed by atoms with E-state index >= 15 is 0 Å². The molecule has 1 aromatic carbocycles. The number of imide groups is 1. The molecule has 2 N–H and O–H groups in total. The van der Waals surface area contributed by atoms with Gasteiger partial charge in [0.05, 0.1) is 6.61 Å². The molecule has 0 radical (unpaired) electrons. The number of hydrogen-bond donors (Lipinski definition) is 2. The maximum absolute atomic E-state index is 12.7. The predicted octanol–water partition coefficient (Wildman–Crippen LogP) is 1.37. The second-order valence-electron chi connectivity index (χ2n) is 5.88. The molecule has 4 amide bonds. The minimum absolute atomic E-state index is 0.209. The van der Waals surface area contributed by atoms with Gasteiger partial charge in [0.15, 0.2) is 0 Å². The highest BCUT2D eigenvalue weighted by Crippen LogP contribution is 2.30. The van der Waals surface area contributed by atoms with Crippen molar-refractivity contribution in [3.05, 3.63) is 34.3 Å². The van der Waals surface area contributed by atoms with Crippen LogP contribution in [0, 0.1) is 0 Å². The number of halogens is 1. The Kier molecular flexibility index (Phi) is 5.61. The van der Waals surface area contributed by atoms with Gasteiger partial charge in [0, 0.05) is 17.6 Å². The van der Waals surface area contributed by atoms with E-state index in [-0.39, 0.29) is 12.6 Å². The van der Waals surface area contributed by atoms with E-state index in [2.05, 4.69) is 26.6 Å². The molecule has 130 valence electrons. The van der Waals surface area contributed by atoms with E-state index < -0.39 is 23.4 Å². The van der Waals surface area contributed by atoms with Crippen LogP contribution in [0.3, 0.4) is 0 Å². The molecule has 1 heterocycles. The van der Waals surface area contributed by atoms with Crippen LogP contribution in [0.5, 0.6) is 0 Å². The van der Waals surface area contributed by atoms with Crippen molar-refractivity contribution in [2.75, 3.05) is 20.3 Å². The van der Waals surface area contributed by atoms with Crippen LogP contribution in [0.4, 0.5) is 4.79 Å². The molecular weight excluding hydrogens is 378 g/mol. The number of methoxy groups -OCH3 is 1. The Morgan fingerprint density at radius 2 is 2.17 bits per heavy atom. The molecule has 8 heteroatoms. The molecule has 1 aliphatic rings. The summed E-state index contributed by atoms with van der Waals surface area (Å²) in [6.07, 6.45) is 0. The first-order valence-corrected chi connectivity index (χ1v) is 8.25. The van der Waals surface area contributed by atoms with Gasteiger partial charge in [0.25, 0.3) is 5.91 Å². The molecule has 7 nitrogen and oxygen atoms in total. The maximum Gasteiger partial charge on any atom is 0.325 e. The molecule has 0 aromatic heterocycles. The summed E-state index contributed by atoms with van der Waals surface area (Å²) in [5, 5.41) is 5.35. The average molecular weight is 398 g/mol. The highest BCUT2D eigenvalue weighted by Gasteiger charge is 2.49. The Bertz CT molecular complexity index is 666. The Morgan fingerprint density at radius 3 is 2.79 bits per heavy atom. The van der Waals surface area contributed by atoms with Crippen LogP contribution in [0.1, 0.15) is 19.4 Å². The fraction of sp³-hybridized carbons (Fsp3) is 0.438. The first-order valence-electron chi connectivity index (χ1n) is 7.46. The van der Waals surface area contributed by atoms with Crippen LogP contribution in [0.15, 0.2) is 28.7 Å². The fourth-order valence-corrected chi connectivity index (χ4v) is 2.99. The van der Waals surface area contributed by atoms with Gasteiger partial charge in [-0.3, -0.25) is 14.5 Å². The average Bonchev–Trinajstić information content (AvgIpc) is 2.72. The number of carbonyl (C=O) groups excluding carboxylic acids is 3. The summed E-state index contributed by atoms with van der Waals surface area (Å²) >= 11 is 3.35. The molecule has 0 aliphatic carbocycles. The number of carbonyl (C=O) groups is 3. The summed E-state index contributed by atoms with van der Waals surface area (Å²) in [4.78, 5) is 37.9. The highest BCUT2D eigenvalue weighted by molar-refractivity contribution is 9.10. The summed E-state index contributed by atoms with van der Waals surface area (Å²) in [6, 6.07) is 6.34. The maximum atomic E-state index is 12.7. The Hall–Kier alpha value is -1.93. The number of benzene rings is 1. The van der Waals surface area contributed by atoms with Crippen molar-refractivity contribution < 1.29 is 19.1 Å². The van der Waals surface area contributed by atoms with Crippen molar-refractivity contribution in [1.82, 2.24) is 15.5 Å². The lowest BCUT2D eigenvalue weighted by molar-refractivity contribution is -0.135. The summed E-state index contributed by atoms with van der Waals surface area (Å²) in [5.74, 6) is -0.873. The highest BCUT2D eigenvalue weighted by atomic mass is 79.9. The molecule has 0 bridgehead atoms. The van der Waals surface area contributed by atoms with E-state index in [4.69, 9.17) is 4.74 Å². The van der Waals surface area contributed by atoms with E-state index in [0.717, 1.165) is 9.37 Å². The van der Waals surface area contributed by atoms with E-state index in [1.54, 1.807) is 32.0 Å². The second-order valence-corrected chi connectivity index (χ2v) is 6.80. The van der Waals surface area contributed by atoms with E-state index in [9.17, 15) is 14.4 Å². The van der Waals surface area contributed by atoms with Gasteiger partial charge in [-0.15, -0.1) is 0 Å². The Morgan fingerprint density at radius 1 is 1.46 bits per heavy atom. The quantitative estimate of drug-likeness (QED) is 0.709. The summed E-state index contributed by atoms with van der Waals surface area (Å²) in [6.45, 7) is 3.42. The number of rotatable bonds is 6. The van der Waals surface area contributed by atoms with Crippen molar-refractivity contribution in [3.63, 3.8) is 0 Å². The van der Waals surface area contributed by atoms with Crippen LogP contribution >= 0.6 is 15.9 Å². The van der Waals surface area contributed by atoms with Gasteiger partial charge >= 0.3 is 6.03 Å². The zero-order chi connectivity index (χ0) is 17.9. The van der Waals surface area contributed by atoms with E-state index in [1.165, 1.54) is 7.11 Å². The summed E-state index contributed by atoms with van der Waals surface area (Å²) in [7, 11) is 1.53. The third kappa shape index (κ3) is 3.76. The molecule has 0 spiro atoms. The zero-order valence-corrected chi connectivity index (χ0v) is 15.3.